The fourth-order valence-electron chi connectivity index (χ4n) is 5.67. The lowest BCUT2D eigenvalue weighted by molar-refractivity contribution is -0.126. The van der Waals surface area contributed by atoms with Crippen LogP contribution in [0.2, 0.25) is 10.0 Å². The summed E-state index contributed by atoms with van der Waals surface area (Å²) in [6.07, 6.45) is 3.80. The maximum Gasteiger partial charge on any atom is 0.410 e. The molecule has 0 bridgehead atoms. The molecule has 52 heavy (non-hydrogen) atoms. The lowest BCUT2D eigenvalue weighted by Gasteiger charge is -2.45. The molecule has 2 amide bonds. The van der Waals surface area contributed by atoms with E-state index < -0.39 is 40.6 Å². The molecule has 0 spiro atoms. The molecular formula is C36H44Cl2F2N4O6S2. The Kier molecular flexibility index (Phi) is 13.2. The number of carbonyl (C=O) groups is 3. The molecule has 0 radical (unpaired) electrons. The van der Waals surface area contributed by atoms with Gasteiger partial charge >= 0.3 is 12.2 Å². The summed E-state index contributed by atoms with van der Waals surface area (Å²) < 4.78 is 37.1. The number of likely N-dealkylation sites (tertiary alicyclic amines) is 2. The number of aromatic nitrogens is 2. The Bertz CT molecular complexity index is 1930. The molecule has 1 N–H and O–H groups in total. The van der Waals surface area contributed by atoms with Crippen molar-refractivity contribution in [2.24, 2.45) is 0 Å². The predicted octanol–water partition coefficient (Wildman–Crippen LogP) is 9.76. The normalized spacial score (nSPS) is 20.9. The molecule has 16 heteroatoms. The van der Waals surface area contributed by atoms with E-state index in [1.165, 1.54) is 27.6 Å². The minimum Gasteiger partial charge on any atom is -0.444 e. The molecule has 3 atom stereocenters. The summed E-state index contributed by atoms with van der Waals surface area (Å²) in [5.41, 5.74) is -2.38. The van der Waals surface area contributed by atoms with Crippen LogP contribution in [0.25, 0.3) is 20.4 Å². The molecule has 2 aliphatic heterocycles. The number of nitrogens with zero attached hydrogens (tertiary/aromatic N) is 4. The van der Waals surface area contributed by atoms with Gasteiger partial charge in [-0.15, -0.1) is 22.7 Å². The third-order valence-corrected chi connectivity index (χ3v) is 11.2. The van der Waals surface area contributed by atoms with E-state index in [2.05, 4.69) is 9.97 Å². The molecule has 2 fully saturated rings. The maximum absolute atomic E-state index is 13.7. The fraction of sp³-hybridized carbons (Fsp3) is 0.528. The van der Waals surface area contributed by atoms with Crippen LogP contribution < -0.4 is 0 Å². The van der Waals surface area contributed by atoms with Gasteiger partial charge in [-0.1, -0.05) is 23.2 Å². The number of aliphatic hydroxyl groups is 1. The van der Waals surface area contributed by atoms with E-state index in [0.717, 1.165) is 23.6 Å². The van der Waals surface area contributed by atoms with Crippen molar-refractivity contribution in [1.82, 2.24) is 19.8 Å². The van der Waals surface area contributed by atoms with Crippen molar-refractivity contribution >= 4 is 84.3 Å². The number of piperidine rings is 2. The number of carbonyl (C=O) groups excluding carboxylic acids is 3. The zero-order valence-corrected chi connectivity index (χ0v) is 33.5. The number of amides is 2. The van der Waals surface area contributed by atoms with Crippen molar-refractivity contribution in [3.63, 3.8) is 0 Å². The van der Waals surface area contributed by atoms with Gasteiger partial charge in [0.15, 0.2) is 17.4 Å². The number of rotatable bonds is 1. The van der Waals surface area contributed by atoms with Crippen LogP contribution >= 0.6 is 45.9 Å². The topological polar surface area (TPSA) is 122 Å². The summed E-state index contributed by atoms with van der Waals surface area (Å²) in [6.45, 7) is 15.6. The number of thiophene rings is 2. The highest BCUT2D eigenvalue weighted by molar-refractivity contribution is 7.18. The van der Waals surface area contributed by atoms with Crippen LogP contribution in [-0.4, -0.2) is 79.2 Å². The second-order valence-corrected chi connectivity index (χ2v) is 17.3. The molecule has 6 rings (SSSR count). The first-order chi connectivity index (χ1) is 24.1. The average Bonchev–Trinajstić information content (AvgIpc) is 3.71. The molecule has 3 unspecified atom stereocenters. The van der Waals surface area contributed by atoms with E-state index in [4.69, 9.17) is 32.7 Å². The Balaban J connectivity index is 0.000000195. The predicted molar refractivity (Wildman–Crippen MR) is 201 cm³/mol. The molecule has 4 aromatic rings. The minimum absolute atomic E-state index is 0.00596. The van der Waals surface area contributed by atoms with Crippen molar-refractivity contribution in [2.75, 3.05) is 13.1 Å². The van der Waals surface area contributed by atoms with Gasteiger partial charge in [0.25, 0.3) is 0 Å². The van der Waals surface area contributed by atoms with Crippen molar-refractivity contribution in [3.05, 3.63) is 56.5 Å². The van der Waals surface area contributed by atoms with Gasteiger partial charge in [-0.2, -0.15) is 0 Å². The van der Waals surface area contributed by atoms with E-state index in [-0.39, 0.29) is 28.0 Å². The monoisotopic (exact) mass is 800 g/mol. The van der Waals surface area contributed by atoms with E-state index in [9.17, 15) is 28.3 Å². The van der Waals surface area contributed by atoms with Crippen molar-refractivity contribution in [2.45, 2.75) is 110 Å². The van der Waals surface area contributed by atoms with Crippen molar-refractivity contribution < 1.29 is 37.7 Å². The number of ketones is 1. The smallest absolute Gasteiger partial charge is 0.410 e. The molecule has 0 aromatic carbocycles. The molecule has 0 saturated carbocycles. The average molecular weight is 802 g/mol. The molecule has 4 aromatic heterocycles. The first kappa shape index (κ1) is 41.6. The number of Topliss-reactive ketones (excluding diaryl/α,β-unsaturated/α-hetero) is 1. The number of halogens is 4. The van der Waals surface area contributed by atoms with Gasteiger partial charge < -0.3 is 19.5 Å². The minimum atomic E-state index is -1.26. The largest absolute Gasteiger partial charge is 0.444 e. The van der Waals surface area contributed by atoms with E-state index in [0.29, 0.717) is 52.8 Å². The third-order valence-electron chi connectivity index (χ3n) is 8.39. The molecule has 6 heterocycles. The van der Waals surface area contributed by atoms with Crippen LogP contribution in [0.5, 0.6) is 0 Å². The summed E-state index contributed by atoms with van der Waals surface area (Å²) in [5.74, 6) is -0.938. The Morgan fingerprint density at radius 2 is 1.44 bits per heavy atom. The van der Waals surface area contributed by atoms with E-state index in [1.54, 1.807) is 51.7 Å². The Morgan fingerprint density at radius 3 is 2.04 bits per heavy atom. The van der Waals surface area contributed by atoms with Crippen LogP contribution in [-0.2, 0) is 19.9 Å². The van der Waals surface area contributed by atoms with Gasteiger partial charge in [-0.3, -0.25) is 9.69 Å². The number of ether oxygens (including phenoxy) is 2. The second kappa shape index (κ2) is 16.5. The third kappa shape index (κ3) is 9.87. The van der Waals surface area contributed by atoms with Crippen LogP contribution in [0.1, 0.15) is 86.0 Å². The lowest BCUT2D eigenvalue weighted by Crippen LogP contribution is -2.56. The van der Waals surface area contributed by atoms with Gasteiger partial charge in [0.2, 0.25) is 0 Å². The Hall–Kier alpha value is -3.17. The standard InChI is InChI=1S/C18H22ClFN2O3S.C11H19NO3.C7H3ClFNS/c1-10-18(24,6-5-7-22(10)16(23)25-17(2,3)4)13-8-11-14(19)12(20)9-21-15(11)26-13;1-8-9(13)6-5-7-12(8)10(14)15-11(2,3)4;8-6-4-1-2-11-7(4)10-3-5(6)9/h8-10,24H,5-7H2,1-4H3;8H,5-7H2,1-4H3;1-3H. The van der Waals surface area contributed by atoms with Crippen LogP contribution in [0.4, 0.5) is 18.4 Å². The van der Waals surface area contributed by atoms with Gasteiger partial charge in [0.1, 0.15) is 26.5 Å². The molecule has 2 saturated heterocycles. The summed E-state index contributed by atoms with van der Waals surface area (Å²) in [4.78, 5) is 48.6. The first-order valence-electron chi connectivity index (χ1n) is 16.8. The SMILES string of the molecule is CC1C(=O)CCCN1C(=O)OC(C)(C)C.CC1N(C(=O)OC(C)(C)C)CCCC1(O)c1cc2c(Cl)c(F)cnc2s1.Fc1cnc2sccc2c1Cl. The first-order valence-corrected chi connectivity index (χ1v) is 19.2. The van der Waals surface area contributed by atoms with Gasteiger partial charge in [0.05, 0.1) is 34.5 Å². The van der Waals surface area contributed by atoms with Gasteiger partial charge in [0, 0.05) is 35.2 Å². The van der Waals surface area contributed by atoms with E-state index >= 15 is 0 Å². The summed E-state index contributed by atoms with van der Waals surface area (Å²) in [5, 5.41) is 14.5. The number of pyridine rings is 2. The zero-order valence-electron chi connectivity index (χ0n) is 30.4. The molecule has 284 valence electrons. The quantitative estimate of drug-likeness (QED) is 0.202. The Labute approximate surface area is 320 Å². The van der Waals surface area contributed by atoms with E-state index in [1.807, 2.05) is 26.2 Å². The highest BCUT2D eigenvalue weighted by Gasteiger charge is 2.46. The van der Waals surface area contributed by atoms with Crippen molar-refractivity contribution in [1.29, 1.82) is 0 Å². The van der Waals surface area contributed by atoms with Crippen LogP contribution in [0.3, 0.4) is 0 Å². The maximum atomic E-state index is 13.7. The van der Waals surface area contributed by atoms with Crippen LogP contribution in [0, 0.1) is 11.6 Å². The fourth-order valence-corrected chi connectivity index (χ4v) is 8.13. The molecular weight excluding hydrogens is 757 g/mol. The molecule has 2 aliphatic rings. The molecule has 10 nitrogen and oxygen atoms in total. The Morgan fingerprint density at radius 1 is 0.904 bits per heavy atom. The highest BCUT2D eigenvalue weighted by atomic mass is 35.5. The second-order valence-electron chi connectivity index (χ2n) is 14.6. The van der Waals surface area contributed by atoms with Crippen LogP contribution in [0.15, 0.2) is 29.9 Å². The number of hydrogen-bond donors (Lipinski definition) is 1. The summed E-state index contributed by atoms with van der Waals surface area (Å²) >= 11 is 14.4. The zero-order chi connectivity index (χ0) is 38.8. The number of hydrogen-bond acceptors (Lipinski definition) is 10. The summed E-state index contributed by atoms with van der Waals surface area (Å²) in [7, 11) is 0. The lowest BCUT2D eigenvalue weighted by atomic mass is 9.84. The molecule has 0 aliphatic carbocycles. The highest BCUT2D eigenvalue weighted by Crippen LogP contribution is 2.43. The van der Waals surface area contributed by atoms with Gasteiger partial charge in [-0.25, -0.2) is 28.3 Å². The van der Waals surface area contributed by atoms with Crippen molar-refractivity contribution in [3.8, 4) is 0 Å². The summed E-state index contributed by atoms with van der Waals surface area (Å²) in [6, 6.07) is 2.60. The number of fused-ring (bicyclic) bond motifs is 2. The van der Waals surface area contributed by atoms with Gasteiger partial charge in [-0.05, 0) is 92.2 Å².